The van der Waals surface area contributed by atoms with Crippen molar-refractivity contribution >= 4 is 22.2 Å². The highest BCUT2D eigenvalue weighted by Gasteiger charge is 2.38. The van der Waals surface area contributed by atoms with Gasteiger partial charge in [0.2, 0.25) is 5.91 Å². The van der Waals surface area contributed by atoms with E-state index >= 15 is 0 Å². The lowest BCUT2D eigenvalue weighted by Gasteiger charge is -2.46. The van der Waals surface area contributed by atoms with Crippen LogP contribution in [0, 0.1) is 11.3 Å². The topological polar surface area (TPSA) is 76.4 Å². The van der Waals surface area contributed by atoms with E-state index < -0.39 is 5.60 Å². The van der Waals surface area contributed by atoms with Crippen LogP contribution in [-0.4, -0.2) is 41.1 Å². The number of nitrogens with zero attached hydrogens (tertiary/aromatic N) is 2. The third-order valence-electron chi connectivity index (χ3n) is 3.39. The fourth-order valence-electron chi connectivity index (χ4n) is 2.11. The standard InChI is InChI=1S/C13H17N3O2S/c1-2-13(18)8-16(9-13)5-3-11(17)15-12-10(7-14)4-6-19-12/h4,6,18H,2-3,5,8-9H2,1H3,(H,15,17). The number of nitriles is 1. The lowest BCUT2D eigenvalue weighted by Crippen LogP contribution is -2.61. The predicted octanol–water partition coefficient (Wildman–Crippen LogP) is 1.41. The smallest absolute Gasteiger partial charge is 0.226 e. The molecule has 102 valence electrons. The molecular weight excluding hydrogens is 262 g/mol. The summed E-state index contributed by atoms with van der Waals surface area (Å²) in [4.78, 5) is 13.8. The fourth-order valence-corrected chi connectivity index (χ4v) is 2.86. The number of hydrogen-bond donors (Lipinski definition) is 2. The number of β-amino-alcohol motifs (C(OH)–C–C–N with tert-alkyl or cyclic N) is 1. The molecule has 1 aromatic heterocycles. The van der Waals surface area contributed by atoms with Gasteiger partial charge in [0.15, 0.2) is 0 Å². The van der Waals surface area contributed by atoms with E-state index in [0.29, 0.717) is 36.6 Å². The van der Waals surface area contributed by atoms with Crippen LogP contribution in [0.3, 0.4) is 0 Å². The van der Waals surface area contributed by atoms with Crippen LogP contribution in [0.1, 0.15) is 25.3 Å². The zero-order valence-corrected chi connectivity index (χ0v) is 11.7. The Kier molecular flexibility index (Phi) is 4.20. The highest BCUT2D eigenvalue weighted by molar-refractivity contribution is 7.14. The molecule has 2 rings (SSSR count). The van der Waals surface area contributed by atoms with Gasteiger partial charge >= 0.3 is 0 Å². The minimum absolute atomic E-state index is 0.0918. The molecule has 1 aromatic rings. The number of rotatable bonds is 5. The summed E-state index contributed by atoms with van der Waals surface area (Å²) in [5.41, 5.74) is -0.0549. The lowest BCUT2D eigenvalue weighted by molar-refractivity contribution is -0.121. The van der Waals surface area contributed by atoms with Crippen LogP contribution >= 0.6 is 11.3 Å². The van der Waals surface area contributed by atoms with Crippen LogP contribution in [0.5, 0.6) is 0 Å². The zero-order valence-electron chi connectivity index (χ0n) is 10.8. The van der Waals surface area contributed by atoms with Crippen molar-refractivity contribution in [1.82, 2.24) is 4.90 Å². The first-order valence-electron chi connectivity index (χ1n) is 6.28. The van der Waals surface area contributed by atoms with Crippen LogP contribution in [0.2, 0.25) is 0 Å². The summed E-state index contributed by atoms with van der Waals surface area (Å²) in [5.74, 6) is -0.0918. The van der Waals surface area contributed by atoms with Gasteiger partial charge in [0, 0.05) is 26.1 Å². The van der Waals surface area contributed by atoms with Gasteiger partial charge in [0.25, 0.3) is 0 Å². The van der Waals surface area contributed by atoms with Crippen LogP contribution in [0.15, 0.2) is 11.4 Å². The number of aliphatic hydroxyl groups is 1. The van der Waals surface area contributed by atoms with Crippen molar-refractivity contribution in [3.05, 3.63) is 17.0 Å². The molecule has 1 aliphatic heterocycles. The van der Waals surface area contributed by atoms with Crippen LogP contribution in [0.4, 0.5) is 5.00 Å². The average molecular weight is 279 g/mol. The van der Waals surface area contributed by atoms with Crippen LogP contribution < -0.4 is 5.32 Å². The maximum atomic E-state index is 11.8. The summed E-state index contributed by atoms with van der Waals surface area (Å²) in [5, 5.41) is 23.8. The molecule has 2 N–H and O–H groups in total. The van der Waals surface area contributed by atoms with Gasteiger partial charge in [-0.25, -0.2) is 0 Å². The Morgan fingerprint density at radius 1 is 1.68 bits per heavy atom. The largest absolute Gasteiger partial charge is 0.387 e. The molecule has 1 amide bonds. The first-order chi connectivity index (χ1) is 9.06. The maximum Gasteiger partial charge on any atom is 0.226 e. The summed E-state index contributed by atoms with van der Waals surface area (Å²) in [7, 11) is 0. The Hall–Kier alpha value is -1.42. The third kappa shape index (κ3) is 3.32. The number of hydrogen-bond acceptors (Lipinski definition) is 5. The van der Waals surface area contributed by atoms with Gasteiger partial charge in [-0.3, -0.25) is 9.69 Å². The van der Waals surface area contributed by atoms with E-state index in [2.05, 4.69) is 10.2 Å². The van der Waals surface area contributed by atoms with E-state index in [1.165, 1.54) is 11.3 Å². The van der Waals surface area contributed by atoms with Gasteiger partial charge in [-0.1, -0.05) is 6.92 Å². The number of nitrogens with one attached hydrogen (secondary N) is 1. The van der Waals surface area contributed by atoms with Crippen molar-refractivity contribution in [2.45, 2.75) is 25.4 Å². The summed E-state index contributed by atoms with van der Waals surface area (Å²) in [6, 6.07) is 3.73. The van der Waals surface area contributed by atoms with E-state index in [4.69, 9.17) is 5.26 Å². The molecule has 1 aliphatic rings. The van der Waals surface area contributed by atoms with Crippen molar-refractivity contribution in [2.24, 2.45) is 0 Å². The molecule has 1 saturated heterocycles. The second kappa shape index (κ2) is 5.70. The molecule has 0 aliphatic carbocycles. The molecule has 0 atom stereocenters. The monoisotopic (exact) mass is 279 g/mol. The van der Waals surface area contributed by atoms with Crippen molar-refractivity contribution in [2.75, 3.05) is 25.0 Å². The minimum Gasteiger partial charge on any atom is -0.387 e. The Bertz CT molecular complexity index is 500. The molecule has 0 aromatic carbocycles. The zero-order chi connectivity index (χ0) is 13.9. The molecule has 0 radical (unpaired) electrons. The van der Waals surface area contributed by atoms with E-state index in [1.807, 2.05) is 13.0 Å². The molecule has 6 heteroatoms. The third-order valence-corrected chi connectivity index (χ3v) is 4.22. The molecule has 2 heterocycles. The summed E-state index contributed by atoms with van der Waals surface area (Å²) < 4.78 is 0. The number of carbonyl (C=O) groups excluding carboxylic acids is 1. The summed E-state index contributed by atoms with van der Waals surface area (Å²) >= 11 is 1.35. The Morgan fingerprint density at radius 3 is 3.05 bits per heavy atom. The fraction of sp³-hybridized carbons (Fsp3) is 0.538. The molecule has 5 nitrogen and oxygen atoms in total. The second-order valence-corrected chi connectivity index (χ2v) is 5.78. The Morgan fingerprint density at radius 2 is 2.42 bits per heavy atom. The highest BCUT2D eigenvalue weighted by atomic mass is 32.1. The van der Waals surface area contributed by atoms with Crippen molar-refractivity contribution in [1.29, 1.82) is 5.26 Å². The number of carbonyl (C=O) groups is 1. The first-order valence-corrected chi connectivity index (χ1v) is 7.16. The van der Waals surface area contributed by atoms with Gasteiger partial charge in [0.05, 0.1) is 11.2 Å². The van der Waals surface area contributed by atoms with Gasteiger partial charge in [-0.15, -0.1) is 11.3 Å². The summed E-state index contributed by atoms with van der Waals surface area (Å²) in [6.45, 7) is 3.88. The normalized spacial score (nSPS) is 17.5. The minimum atomic E-state index is -0.557. The number of likely N-dealkylation sites (tertiary alicyclic amines) is 1. The van der Waals surface area contributed by atoms with Gasteiger partial charge in [-0.05, 0) is 17.9 Å². The van der Waals surface area contributed by atoms with Crippen molar-refractivity contribution < 1.29 is 9.90 Å². The van der Waals surface area contributed by atoms with E-state index in [1.54, 1.807) is 11.4 Å². The first kappa shape index (κ1) is 14.0. The molecule has 0 unspecified atom stereocenters. The lowest BCUT2D eigenvalue weighted by atomic mass is 9.91. The molecular formula is C13H17N3O2S. The Labute approximate surface area is 116 Å². The number of anilines is 1. The van der Waals surface area contributed by atoms with E-state index in [0.717, 1.165) is 6.42 Å². The van der Waals surface area contributed by atoms with Crippen molar-refractivity contribution in [3.63, 3.8) is 0 Å². The van der Waals surface area contributed by atoms with Gasteiger partial charge < -0.3 is 10.4 Å². The van der Waals surface area contributed by atoms with E-state index in [-0.39, 0.29) is 5.91 Å². The summed E-state index contributed by atoms with van der Waals surface area (Å²) in [6.07, 6.45) is 1.12. The van der Waals surface area contributed by atoms with Gasteiger partial charge in [0.1, 0.15) is 11.1 Å². The molecule has 19 heavy (non-hydrogen) atoms. The average Bonchev–Trinajstić information content (AvgIpc) is 2.80. The predicted molar refractivity (Wildman–Crippen MR) is 74.0 cm³/mol. The molecule has 1 fully saturated rings. The number of amides is 1. The quantitative estimate of drug-likeness (QED) is 0.854. The number of thiophene rings is 1. The molecule has 0 spiro atoms. The molecule has 0 bridgehead atoms. The van der Waals surface area contributed by atoms with Crippen molar-refractivity contribution in [3.8, 4) is 6.07 Å². The van der Waals surface area contributed by atoms with Crippen LogP contribution in [0.25, 0.3) is 0 Å². The Balaban J connectivity index is 1.73. The maximum absolute atomic E-state index is 11.8. The second-order valence-electron chi connectivity index (χ2n) is 4.86. The van der Waals surface area contributed by atoms with E-state index in [9.17, 15) is 9.90 Å². The highest BCUT2D eigenvalue weighted by Crippen LogP contribution is 2.25. The van der Waals surface area contributed by atoms with Crippen LogP contribution in [-0.2, 0) is 4.79 Å². The SMILES string of the molecule is CCC1(O)CN(CCC(=O)Nc2sccc2C#N)C1. The van der Waals surface area contributed by atoms with Gasteiger partial charge in [-0.2, -0.15) is 5.26 Å². The molecule has 0 saturated carbocycles.